The molecule has 1 aliphatic rings. The van der Waals surface area contributed by atoms with Crippen LogP contribution in [0.15, 0.2) is 24.3 Å². The molecule has 0 radical (unpaired) electrons. The number of benzene rings is 1. The van der Waals surface area contributed by atoms with Gasteiger partial charge in [-0.3, -0.25) is 9.59 Å². The molecular weight excluding hydrogens is 266 g/mol. The topological polar surface area (TPSA) is 52.7 Å². The van der Waals surface area contributed by atoms with E-state index in [1.807, 2.05) is 24.3 Å². The normalized spacial score (nSPS) is 15.3. The number of nitrogens with one attached hydrogen (secondary N) is 1. The summed E-state index contributed by atoms with van der Waals surface area (Å²) in [6.07, 6.45) is 0.801. The van der Waals surface area contributed by atoms with Crippen molar-refractivity contribution in [3.63, 3.8) is 0 Å². The summed E-state index contributed by atoms with van der Waals surface area (Å²) in [6.45, 7) is 7.51. The Labute approximate surface area is 125 Å². The fraction of sp³-hybridized carbons (Fsp3) is 0.500. The number of carbonyl (C=O) groups excluding carboxylic acids is 2. The van der Waals surface area contributed by atoms with Gasteiger partial charge in [0.15, 0.2) is 0 Å². The molecule has 1 aromatic rings. The van der Waals surface area contributed by atoms with Gasteiger partial charge >= 0.3 is 0 Å². The Morgan fingerprint density at radius 1 is 1.24 bits per heavy atom. The maximum Gasteiger partial charge on any atom is 0.254 e. The first-order valence-electron chi connectivity index (χ1n) is 7.56. The highest BCUT2D eigenvalue weighted by atomic mass is 16.2. The molecule has 5 heteroatoms. The Bertz CT molecular complexity index is 495. The van der Waals surface area contributed by atoms with Crippen molar-refractivity contribution in [3.8, 4) is 0 Å². The van der Waals surface area contributed by atoms with Gasteiger partial charge in [0.1, 0.15) is 0 Å². The summed E-state index contributed by atoms with van der Waals surface area (Å²) in [6, 6.07) is 7.63. The zero-order chi connectivity index (χ0) is 15.2. The molecule has 1 N–H and O–H groups in total. The molecular formula is C16H23N3O2. The van der Waals surface area contributed by atoms with E-state index in [0.29, 0.717) is 18.7 Å². The van der Waals surface area contributed by atoms with E-state index in [-0.39, 0.29) is 18.4 Å². The largest absolute Gasteiger partial charge is 0.372 e. The van der Waals surface area contributed by atoms with Gasteiger partial charge in [-0.05, 0) is 44.5 Å². The van der Waals surface area contributed by atoms with Gasteiger partial charge in [-0.25, -0.2) is 0 Å². The van der Waals surface area contributed by atoms with Gasteiger partial charge in [0.25, 0.3) is 5.91 Å². The molecule has 1 heterocycles. The van der Waals surface area contributed by atoms with E-state index in [9.17, 15) is 9.59 Å². The minimum absolute atomic E-state index is 0.0712. The molecule has 0 unspecified atom stereocenters. The van der Waals surface area contributed by atoms with Crippen LogP contribution in [-0.2, 0) is 4.79 Å². The second-order valence-corrected chi connectivity index (χ2v) is 5.15. The van der Waals surface area contributed by atoms with Crippen molar-refractivity contribution in [1.82, 2.24) is 10.2 Å². The van der Waals surface area contributed by atoms with Gasteiger partial charge in [-0.15, -0.1) is 0 Å². The third-order valence-corrected chi connectivity index (χ3v) is 3.79. The Balaban J connectivity index is 2.10. The van der Waals surface area contributed by atoms with Crippen molar-refractivity contribution < 1.29 is 9.59 Å². The molecule has 1 aromatic carbocycles. The number of hydrogen-bond donors (Lipinski definition) is 1. The van der Waals surface area contributed by atoms with Crippen LogP contribution in [-0.4, -0.2) is 49.4 Å². The molecule has 0 atom stereocenters. The van der Waals surface area contributed by atoms with Crippen LogP contribution in [0.3, 0.4) is 0 Å². The van der Waals surface area contributed by atoms with Crippen LogP contribution in [0.1, 0.15) is 30.6 Å². The highest BCUT2D eigenvalue weighted by molar-refractivity contribution is 5.97. The van der Waals surface area contributed by atoms with E-state index in [4.69, 9.17) is 0 Å². The molecule has 1 fully saturated rings. The van der Waals surface area contributed by atoms with Crippen molar-refractivity contribution in [2.24, 2.45) is 0 Å². The number of hydrogen-bond acceptors (Lipinski definition) is 3. The second kappa shape index (κ2) is 7.11. The molecule has 1 saturated heterocycles. The van der Waals surface area contributed by atoms with Gasteiger partial charge in [-0.2, -0.15) is 0 Å². The average molecular weight is 289 g/mol. The van der Waals surface area contributed by atoms with Crippen molar-refractivity contribution >= 4 is 17.5 Å². The highest BCUT2D eigenvalue weighted by Crippen LogP contribution is 2.16. The maximum atomic E-state index is 12.5. The second-order valence-electron chi connectivity index (χ2n) is 5.15. The highest BCUT2D eigenvalue weighted by Gasteiger charge is 2.20. The lowest BCUT2D eigenvalue weighted by Gasteiger charge is -2.22. The molecule has 114 valence electrons. The standard InChI is InChI=1S/C16H23N3O2/c1-3-18(4-2)14-8-6-13(7-9-14)16(21)19-11-5-10-17-15(20)12-19/h6-9H,3-5,10-12H2,1-2H3,(H,17,20). The van der Waals surface area contributed by atoms with Crippen molar-refractivity contribution in [2.45, 2.75) is 20.3 Å². The predicted octanol–water partition coefficient (Wildman–Crippen LogP) is 1.49. The molecule has 0 aliphatic carbocycles. The first-order valence-corrected chi connectivity index (χ1v) is 7.56. The fourth-order valence-electron chi connectivity index (χ4n) is 2.57. The number of rotatable bonds is 4. The van der Waals surface area contributed by atoms with Gasteiger partial charge in [-0.1, -0.05) is 0 Å². The van der Waals surface area contributed by atoms with Gasteiger partial charge in [0.2, 0.25) is 5.91 Å². The summed E-state index contributed by atoms with van der Waals surface area (Å²) < 4.78 is 0. The third-order valence-electron chi connectivity index (χ3n) is 3.79. The number of nitrogens with zero attached hydrogens (tertiary/aromatic N) is 2. The monoisotopic (exact) mass is 289 g/mol. The van der Waals surface area contributed by atoms with Gasteiger partial charge < -0.3 is 15.1 Å². The number of carbonyl (C=O) groups is 2. The third kappa shape index (κ3) is 3.74. The van der Waals surface area contributed by atoms with Crippen LogP contribution in [0.5, 0.6) is 0 Å². The molecule has 0 spiro atoms. The van der Waals surface area contributed by atoms with Crippen LogP contribution >= 0.6 is 0 Å². The smallest absolute Gasteiger partial charge is 0.254 e. The molecule has 5 nitrogen and oxygen atoms in total. The van der Waals surface area contributed by atoms with E-state index in [1.54, 1.807) is 4.90 Å². The lowest BCUT2D eigenvalue weighted by Crippen LogP contribution is -2.37. The van der Waals surface area contributed by atoms with E-state index in [1.165, 1.54) is 0 Å². The Morgan fingerprint density at radius 3 is 2.52 bits per heavy atom. The number of amides is 2. The Morgan fingerprint density at radius 2 is 1.90 bits per heavy atom. The minimum atomic E-state index is -0.0828. The van der Waals surface area contributed by atoms with E-state index >= 15 is 0 Å². The summed E-state index contributed by atoms with van der Waals surface area (Å²) in [5.74, 6) is -0.154. The van der Waals surface area contributed by atoms with Crippen LogP contribution in [0.2, 0.25) is 0 Å². The zero-order valence-electron chi connectivity index (χ0n) is 12.8. The molecule has 0 aromatic heterocycles. The molecule has 2 rings (SSSR count). The molecule has 21 heavy (non-hydrogen) atoms. The van der Waals surface area contributed by atoms with Crippen LogP contribution in [0.4, 0.5) is 5.69 Å². The van der Waals surface area contributed by atoms with Crippen LogP contribution < -0.4 is 10.2 Å². The van der Waals surface area contributed by atoms with E-state index < -0.39 is 0 Å². The van der Waals surface area contributed by atoms with Crippen molar-refractivity contribution in [2.75, 3.05) is 37.6 Å². The van der Waals surface area contributed by atoms with Crippen molar-refractivity contribution in [1.29, 1.82) is 0 Å². The lowest BCUT2D eigenvalue weighted by molar-refractivity contribution is -0.121. The van der Waals surface area contributed by atoms with Crippen LogP contribution in [0, 0.1) is 0 Å². The maximum absolute atomic E-state index is 12.5. The summed E-state index contributed by atoms with van der Waals surface area (Å²) in [4.78, 5) is 27.8. The summed E-state index contributed by atoms with van der Waals surface area (Å²) in [5, 5.41) is 2.78. The van der Waals surface area contributed by atoms with E-state index in [0.717, 1.165) is 25.2 Å². The van der Waals surface area contributed by atoms with Gasteiger partial charge in [0, 0.05) is 37.4 Å². The lowest BCUT2D eigenvalue weighted by atomic mass is 10.1. The summed E-state index contributed by atoms with van der Waals surface area (Å²) in [5.41, 5.74) is 1.76. The first-order chi connectivity index (χ1) is 10.2. The Kier molecular flexibility index (Phi) is 5.20. The number of anilines is 1. The minimum Gasteiger partial charge on any atom is -0.372 e. The fourth-order valence-corrected chi connectivity index (χ4v) is 2.57. The predicted molar refractivity (Wildman–Crippen MR) is 83.5 cm³/mol. The summed E-state index contributed by atoms with van der Waals surface area (Å²) in [7, 11) is 0. The Hall–Kier alpha value is -2.04. The van der Waals surface area contributed by atoms with Crippen molar-refractivity contribution in [3.05, 3.63) is 29.8 Å². The molecule has 0 saturated carbocycles. The molecule has 0 bridgehead atoms. The SMILES string of the molecule is CCN(CC)c1ccc(C(=O)N2CCCNC(=O)C2)cc1. The quantitative estimate of drug-likeness (QED) is 0.914. The molecule has 1 aliphatic heterocycles. The van der Waals surface area contributed by atoms with E-state index in [2.05, 4.69) is 24.1 Å². The van der Waals surface area contributed by atoms with Gasteiger partial charge in [0.05, 0.1) is 6.54 Å². The summed E-state index contributed by atoms with van der Waals surface area (Å²) >= 11 is 0. The zero-order valence-corrected chi connectivity index (χ0v) is 12.8. The molecule has 2 amide bonds. The first kappa shape index (κ1) is 15.4. The van der Waals surface area contributed by atoms with Crippen LogP contribution in [0.25, 0.3) is 0 Å². The average Bonchev–Trinajstić information content (AvgIpc) is 2.73.